The van der Waals surface area contributed by atoms with Gasteiger partial charge in [-0.2, -0.15) is 5.10 Å². The SMILES string of the molecule is C=C/C(=C\C(=C/C)c1cnc2n[nH]c(-c3cc4c([nH]3)CNC=C4C3=CCC=C3)c2c1)NC(=C)CC1CCNCC1. The van der Waals surface area contributed by atoms with E-state index in [9.17, 15) is 0 Å². The number of allylic oxidation sites excluding steroid dienone is 10. The van der Waals surface area contributed by atoms with Gasteiger partial charge in [0.05, 0.1) is 17.9 Å². The molecule has 2 aliphatic heterocycles. The van der Waals surface area contributed by atoms with Crippen LogP contribution in [0.1, 0.15) is 49.4 Å². The number of hydrogen-bond acceptors (Lipinski definition) is 5. The first-order chi connectivity index (χ1) is 19.6. The van der Waals surface area contributed by atoms with Crippen molar-refractivity contribution in [2.24, 2.45) is 5.92 Å². The summed E-state index contributed by atoms with van der Waals surface area (Å²) >= 11 is 0. The molecule has 3 aromatic heterocycles. The molecular weight excluding hydrogens is 494 g/mol. The number of rotatable bonds is 9. The van der Waals surface area contributed by atoms with Gasteiger partial charge in [0.1, 0.15) is 0 Å². The van der Waals surface area contributed by atoms with Crippen LogP contribution in [0.3, 0.4) is 0 Å². The molecule has 3 aliphatic rings. The molecule has 1 saturated heterocycles. The summed E-state index contributed by atoms with van der Waals surface area (Å²) in [5.41, 5.74) is 11.5. The molecule has 0 bridgehead atoms. The summed E-state index contributed by atoms with van der Waals surface area (Å²) in [5, 5.41) is 19.1. The zero-order valence-corrected chi connectivity index (χ0v) is 23.1. The lowest BCUT2D eigenvalue weighted by Crippen LogP contribution is -2.28. The maximum absolute atomic E-state index is 4.69. The molecule has 6 rings (SSSR count). The minimum atomic E-state index is 0.673. The zero-order chi connectivity index (χ0) is 27.5. The molecule has 5 N–H and O–H groups in total. The summed E-state index contributed by atoms with van der Waals surface area (Å²) in [4.78, 5) is 8.31. The second-order valence-corrected chi connectivity index (χ2v) is 10.7. The van der Waals surface area contributed by atoms with Crippen LogP contribution in [0.5, 0.6) is 0 Å². The lowest BCUT2D eigenvalue weighted by molar-refractivity contribution is 0.368. The van der Waals surface area contributed by atoms with Crippen molar-refractivity contribution in [2.75, 3.05) is 13.1 Å². The Morgan fingerprint density at radius 3 is 2.88 bits per heavy atom. The van der Waals surface area contributed by atoms with Crippen LogP contribution >= 0.6 is 0 Å². The van der Waals surface area contributed by atoms with Crippen molar-refractivity contribution in [3.63, 3.8) is 0 Å². The van der Waals surface area contributed by atoms with E-state index in [0.717, 1.165) is 71.8 Å². The van der Waals surface area contributed by atoms with Crippen LogP contribution in [0, 0.1) is 5.92 Å². The third-order valence-corrected chi connectivity index (χ3v) is 7.97. The lowest BCUT2D eigenvalue weighted by atomic mass is 9.93. The van der Waals surface area contributed by atoms with Gasteiger partial charge in [0.15, 0.2) is 5.65 Å². The number of piperidine rings is 1. The van der Waals surface area contributed by atoms with Crippen LogP contribution in [-0.2, 0) is 6.54 Å². The van der Waals surface area contributed by atoms with E-state index in [1.54, 1.807) is 0 Å². The van der Waals surface area contributed by atoms with Gasteiger partial charge in [0.2, 0.25) is 0 Å². The molecule has 40 heavy (non-hydrogen) atoms. The highest BCUT2D eigenvalue weighted by molar-refractivity contribution is 5.94. The Hall–Kier alpha value is -4.36. The van der Waals surface area contributed by atoms with Gasteiger partial charge in [-0.1, -0.05) is 37.5 Å². The fraction of sp³-hybridized carbons (Fsp3) is 0.273. The van der Waals surface area contributed by atoms with Crippen LogP contribution in [0.4, 0.5) is 0 Å². The molecule has 0 amide bonds. The monoisotopic (exact) mass is 531 g/mol. The first-order valence-corrected chi connectivity index (χ1v) is 14.2. The highest BCUT2D eigenvalue weighted by Crippen LogP contribution is 2.36. The highest BCUT2D eigenvalue weighted by Gasteiger charge is 2.21. The first-order valence-electron chi connectivity index (χ1n) is 14.2. The van der Waals surface area contributed by atoms with Crippen molar-refractivity contribution in [3.05, 3.63) is 108 Å². The van der Waals surface area contributed by atoms with E-state index < -0.39 is 0 Å². The van der Waals surface area contributed by atoms with E-state index in [1.165, 1.54) is 35.2 Å². The Balaban J connectivity index is 1.26. The molecule has 7 nitrogen and oxygen atoms in total. The molecule has 0 saturated carbocycles. The third kappa shape index (κ3) is 5.25. The minimum absolute atomic E-state index is 0.673. The first kappa shape index (κ1) is 25.9. The smallest absolute Gasteiger partial charge is 0.181 e. The molecule has 1 fully saturated rings. The van der Waals surface area contributed by atoms with Gasteiger partial charge in [-0.3, -0.25) is 5.10 Å². The fourth-order valence-corrected chi connectivity index (χ4v) is 5.84. The largest absolute Gasteiger partial charge is 0.385 e. The predicted molar refractivity (Wildman–Crippen MR) is 165 cm³/mol. The Labute approximate surface area is 235 Å². The molecule has 0 spiro atoms. The van der Waals surface area contributed by atoms with E-state index in [1.807, 2.05) is 19.2 Å². The number of fused-ring (bicyclic) bond motifs is 2. The fourth-order valence-electron chi connectivity index (χ4n) is 5.84. The van der Waals surface area contributed by atoms with Crippen LogP contribution in [0.25, 0.3) is 33.6 Å². The average molecular weight is 532 g/mol. The van der Waals surface area contributed by atoms with Crippen LogP contribution in [0.15, 0.2) is 91.1 Å². The molecule has 7 heteroatoms. The Morgan fingerprint density at radius 1 is 1.23 bits per heavy atom. The second kappa shape index (κ2) is 11.4. The van der Waals surface area contributed by atoms with Crippen LogP contribution < -0.4 is 16.0 Å². The van der Waals surface area contributed by atoms with Gasteiger partial charge in [0, 0.05) is 51.6 Å². The molecule has 0 unspecified atom stereocenters. The topological polar surface area (TPSA) is 93.5 Å². The second-order valence-electron chi connectivity index (χ2n) is 10.7. The Kier molecular flexibility index (Phi) is 7.38. The van der Waals surface area contributed by atoms with Gasteiger partial charge in [-0.05, 0) is 87.0 Å². The number of H-pyrrole nitrogens is 2. The normalized spacial score (nSPS) is 17.8. The molecule has 3 aromatic rings. The summed E-state index contributed by atoms with van der Waals surface area (Å²) in [6.45, 7) is 13.3. The number of nitrogens with one attached hydrogen (secondary N) is 5. The van der Waals surface area contributed by atoms with Gasteiger partial charge in [0.25, 0.3) is 0 Å². The van der Waals surface area contributed by atoms with Crippen molar-refractivity contribution >= 4 is 22.2 Å². The van der Waals surface area contributed by atoms with Gasteiger partial charge >= 0.3 is 0 Å². The van der Waals surface area contributed by atoms with E-state index in [0.29, 0.717) is 11.6 Å². The van der Waals surface area contributed by atoms with Crippen molar-refractivity contribution in [1.82, 2.24) is 36.1 Å². The number of aromatic nitrogens is 4. The van der Waals surface area contributed by atoms with E-state index in [4.69, 9.17) is 0 Å². The van der Waals surface area contributed by atoms with Crippen molar-refractivity contribution < 1.29 is 0 Å². The molecule has 0 atom stereocenters. The van der Waals surface area contributed by atoms with Crippen LogP contribution in [0.2, 0.25) is 0 Å². The summed E-state index contributed by atoms with van der Waals surface area (Å²) in [5.74, 6) is 0.673. The van der Waals surface area contributed by atoms with E-state index in [-0.39, 0.29) is 0 Å². The maximum Gasteiger partial charge on any atom is 0.181 e. The molecule has 0 aromatic carbocycles. The van der Waals surface area contributed by atoms with E-state index >= 15 is 0 Å². The minimum Gasteiger partial charge on any atom is -0.385 e. The summed E-state index contributed by atoms with van der Waals surface area (Å²) < 4.78 is 0. The molecule has 1 aliphatic carbocycles. The molecule has 0 radical (unpaired) electrons. The van der Waals surface area contributed by atoms with Gasteiger partial charge in [-0.15, -0.1) is 0 Å². The van der Waals surface area contributed by atoms with Gasteiger partial charge < -0.3 is 20.9 Å². The Morgan fingerprint density at radius 2 is 2.10 bits per heavy atom. The molecule has 5 heterocycles. The number of aromatic amines is 2. The molecular formula is C33H37N7. The standard InChI is InChI=1S/C33H37N7/c1-4-23(15-26(5-2)37-21(3)14-22-10-12-34-13-11-22)25-16-28-32(39-40-33(28)36-18-25)30-17-27-29(24-8-6-7-9-24)19-35-20-31(27)38-30/h4-6,8-9,15-19,22,34-35,37-38H,2-3,7,10-14,20H2,1H3,(H,36,39,40)/b23-4+,26-15+. The number of hydrogen-bond donors (Lipinski definition) is 5. The van der Waals surface area contributed by atoms with Crippen molar-refractivity contribution in [1.29, 1.82) is 0 Å². The number of pyridine rings is 1. The highest BCUT2D eigenvalue weighted by atomic mass is 15.2. The van der Waals surface area contributed by atoms with Crippen molar-refractivity contribution in [3.8, 4) is 11.4 Å². The van der Waals surface area contributed by atoms with Crippen molar-refractivity contribution in [2.45, 2.75) is 39.2 Å². The summed E-state index contributed by atoms with van der Waals surface area (Å²) in [6.07, 6.45) is 21.1. The maximum atomic E-state index is 4.69. The number of nitrogens with zero attached hydrogens (tertiary/aromatic N) is 2. The quantitative estimate of drug-likeness (QED) is 0.211. The Bertz CT molecular complexity index is 1600. The summed E-state index contributed by atoms with van der Waals surface area (Å²) in [6, 6.07) is 4.38. The van der Waals surface area contributed by atoms with Crippen LogP contribution in [-0.4, -0.2) is 33.3 Å². The lowest BCUT2D eigenvalue weighted by Gasteiger charge is -2.24. The molecule has 204 valence electrons. The third-order valence-electron chi connectivity index (χ3n) is 7.97. The zero-order valence-electron chi connectivity index (χ0n) is 23.1. The van der Waals surface area contributed by atoms with Gasteiger partial charge in [-0.25, -0.2) is 4.98 Å². The predicted octanol–water partition coefficient (Wildman–Crippen LogP) is 6.25. The van der Waals surface area contributed by atoms with E-state index in [2.05, 4.69) is 98.0 Å². The average Bonchev–Trinajstić information content (AvgIpc) is 3.74. The summed E-state index contributed by atoms with van der Waals surface area (Å²) in [7, 11) is 0.